The predicted molar refractivity (Wildman–Crippen MR) is 151 cm³/mol. The Labute approximate surface area is 234 Å². The molecule has 7 atom stereocenters. The lowest BCUT2D eigenvalue weighted by Crippen LogP contribution is -2.65. The number of ketones is 2. The molecule has 5 nitrogen and oxygen atoms in total. The third kappa shape index (κ3) is 3.39. The first-order valence-corrected chi connectivity index (χ1v) is 15.1. The number of allylic oxidation sites excluding steroid dienone is 4. The van der Waals surface area contributed by atoms with Crippen LogP contribution >= 0.6 is 0 Å². The van der Waals surface area contributed by atoms with Crippen LogP contribution < -0.4 is 0 Å². The van der Waals surface area contributed by atoms with Gasteiger partial charge < -0.3 is 0 Å². The van der Waals surface area contributed by atoms with Crippen LogP contribution in [0, 0.1) is 61.6 Å². The van der Waals surface area contributed by atoms with E-state index in [9.17, 15) is 14.9 Å². The number of carbonyl (C=O) groups excluding carboxylic acids is 2. The van der Waals surface area contributed by atoms with Crippen molar-refractivity contribution in [3.63, 3.8) is 0 Å². The molecule has 0 amide bonds. The van der Waals surface area contributed by atoms with Crippen LogP contribution in [0.15, 0.2) is 41.8 Å². The normalized spacial score (nSPS) is 44.1. The molecule has 5 aliphatic rings. The van der Waals surface area contributed by atoms with E-state index in [1.54, 1.807) is 0 Å². The van der Waals surface area contributed by atoms with Crippen LogP contribution in [0.4, 0.5) is 0 Å². The van der Waals surface area contributed by atoms with Crippen LogP contribution in [-0.4, -0.2) is 21.3 Å². The third-order valence-electron chi connectivity index (χ3n) is 13.1. The molecule has 5 heteroatoms. The fourth-order valence-electron chi connectivity index (χ4n) is 10.7. The second-order valence-corrected chi connectivity index (χ2v) is 15.8. The number of nitriles is 1. The maximum absolute atomic E-state index is 14.6. The maximum atomic E-state index is 14.6. The lowest BCUT2D eigenvalue weighted by Gasteiger charge is -2.69. The lowest BCUT2D eigenvalue weighted by atomic mass is 9.34. The van der Waals surface area contributed by atoms with E-state index >= 15 is 0 Å². The van der Waals surface area contributed by atoms with Crippen molar-refractivity contribution in [2.45, 2.75) is 100.0 Å². The molecule has 1 aromatic heterocycles. The van der Waals surface area contributed by atoms with Crippen LogP contribution in [0.2, 0.25) is 0 Å². The van der Waals surface area contributed by atoms with E-state index < -0.39 is 10.8 Å². The number of Topliss-reactive ketones (excluding diaryl/α,β-unsaturated/α-hetero) is 1. The summed E-state index contributed by atoms with van der Waals surface area (Å²) in [5.74, 6) is 0.603. The summed E-state index contributed by atoms with van der Waals surface area (Å²) in [5.41, 5.74) is 0.299. The summed E-state index contributed by atoms with van der Waals surface area (Å²) in [5, 5.41) is 14.5. The highest BCUT2D eigenvalue weighted by Crippen LogP contribution is 2.74. The Kier molecular flexibility index (Phi) is 5.52. The molecule has 6 rings (SSSR count). The number of fused-ring (bicyclic) bond motifs is 7. The molecule has 0 spiro atoms. The van der Waals surface area contributed by atoms with Crippen molar-refractivity contribution in [2.75, 3.05) is 0 Å². The monoisotopic (exact) mass is 527 g/mol. The molecule has 3 fully saturated rings. The van der Waals surface area contributed by atoms with Crippen molar-refractivity contribution in [3.05, 3.63) is 41.8 Å². The maximum Gasteiger partial charge on any atom is 0.178 e. The van der Waals surface area contributed by atoms with Gasteiger partial charge in [-0.1, -0.05) is 60.1 Å². The zero-order chi connectivity index (χ0) is 28.2. The average molecular weight is 528 g/mol. The molecule has 1 heterocycles. The Morgan fingerprint density at radius 2 is 1.74 bits per heavy atom. The Morgan fingerprint density at radius 3 is 2.41 bits per heavy atom. The van der Waals surface area contributed by atoms with Gasteiger partial charge in [-0.2, -0.15) is 10.4 Å². The van der Waals surface area contributed by atoms with Gasteiger partial charge in [-0.15, -0.1) is 0 Å². The Hall–Kier alpha value is -2.48. The van der Waals surface area contributed by atoms with E-state index in [1.807, 2.05) is 38.3 Å². The highest BCUT2D eigenvalue weighted by molar-refractivity contribution is 6.04. The molecule has 1 aromatic rings. The molecule has 0 unspecified atom stereocenters. The van der Waals surface area contributed by atoms with E-state index in [2.05, 4.69) is 56.7 Å². The number of carbonyl (C=O) groups is 2. The molecule has 0 aliphatic heterocycles. The highest BCUT2D eigenvalue weighted by Gasteiger charge is 2.69. The predicted octanol–water partition coefficient (Wildman–Crippen LogP) is 7.10. The SMILES string of the molecule is CC1(C)CC[C@]2(Cn3cccn3)CC[C@]3(C)[C@H](C(=O)C=C4[C@@]5(C)C=C(C#N)C(=O)C(C)(C)[C@@H]5CC[C@]43C)[C@@H]2C1. The van der Waals surface area contributed by atoms with Crippen LogP contribution in [-0.2, 0) is 16.1 Å². The summed E-state index contributed by atoms with van der Waals surface area (Å²) < 4.78 is 2.10. The summed E-state index contributed by atoms with van der Waals surface area (Å²) >= 11 is 0. The largest absolute Gasteiger partial charge is 0.295 e. The molecule has 39 heavy (non-hydrogen) atoms. The van der Waals surface area contributed by atoms with E-state index in [-0.39, 0.29) is 50.6 Å². The van der Waals surface area contributed by atoms with Crippen molar-refractivity contribution in [3.8, 4) is 6.07 Å². The van der Waals surface area contributed by atoms with E-state index in [0.717, 1.165) is 45.1 Å². The molecule has 3 saturated carbocycles. The second kappa shape index (κ2) is 8.05. The van der Waals surface area contributed by atoms with Gasteiger partial charge in [0, 0.05) is 35.7 Å². The number of hydrogen-bond donors (Lipinski definition) is 0. The van der Waals surface area contributed by atoms with Gasteiger partial charge in [0.15, 0.2) is 11.6 Å². The summed E-state index contributed by atoms with van der Waals surface area (Å²) in [6.07, 6.45) is 15.3. The summed E-state index contributed by atoms with van der Waals surface area (Å²) in [4.78, 5) is 27.9. The van der Waals surface area contributed by atoms with E-state index in [4.69, 9.17) is 0 Å². The minimum Gasteiger partial charge on any atom is -0.295 e. The smallest absolute Gasteiger partial charge is 0.178 e. The average Bonchev–Trinajstić information content (AvgIpc) is 3.36. The lowest BCUT2D eigenvalue weighted by molar-refractivity contribution is -0.174. The molecule has 5 aliphatic carbocycles. The van der Waals surface area contributed by atoms with Crippen molar-refractivity contribution >= 4 is 11.6 Å². The van der Waals surface area contributed by atoms with Gasteiger partial charge in [0.05, 0.1) is 5.57 Å². The fourth-order valence-corrected chi connectivity index (χ4v) is 10.7. The first-order chi connectivity index (χ1) is 18.1. The Balaban J connectivity index is 1.50. The molecule has 0 bridgehead atoms. The Bertz CT molecular complexity index is 1340. The molecule has 0 saturated heterocycles. The van der Waals surface area contributed by atoms with Gasteiger partial charge >= 0.3 is 0 Å². The van der Waals surface area contributed by atoms with E-state index in [0.29, 0.717) is 5.92 Å². The van der Waals surface area contributed by atoms with Crippen molar-refractivity contribution in [1.82, 2.24) is 9.78 Å². The molecule has 208 valence electrons. The number of rotatable bonds is 2. The topological polar surface area (TPSA) is 75.8 Å². The van der Waals surface area contributed by atoms with Crippen LogP contribution in [0.3, 0.4) is 0 Å². The number of aromatic nitrogens is 2. The van der Waals surface area contributed by atoms with E-state index in [1.165, 1.54) is 12.0 Å². The molecular formula is C34H45N3O2. The quantitative estimate of drug-likeness (QED) is 0.411. The standard InChI is InChI=1S/C34H45N3O2/c1-29(2)11-13-34(21-37-16-8-15-36-37)14-12-33(7)27(23(34)19-29)24(38)17-26-31(5)18-22(20-35)28(39)30(3,4)25(31)9-10-32(26,33)6/h8,15-18,23,25,27H,9-14,19,21H2,1-7H3/t23-,25-,27-,31-,32+,33+,34+/m0/s1. The van der Waals surface area contributed by atoms with Crippen LogP contribution in [0.5, 0.6) is 0 Å². The molecule has 0 N–H and O–H groups in total. The van der Waals surface area contributed by atoms with Gasteiger partial charge in [-0.05, 0) is 90.6 Å². The summed E-state index contributed by atoms with van der Waals surface area (Å²) in [7, 11) is 0. The zero-order valence-corrected chi connectivity index (χ0v) is 24.9. The van der Waals surface area contributed by atoms with Crippen molar-refractivity contribution in [2.24, 2.45) is 50.2 Å². The van der Waals surface area contributed by atoms with Crippen molar-refractivity contribution < 1.29 is 9.59 Å². The highest BCUT2D eigenvalue weighted by atomic mass is 16.1. The summed E-state index contributed by atoms with van der Waals surface area (Å²) in [6.45, 7) is 16.7. The first-order valence-electron chi connectivity index (χ1n) is 15.1. The molecule has 0 aromatic carbocycles. The molecular weight excluding hydrogens is 482 g/mol. The number of hydrogen-bond acceptors (Lipinski definition) is 4. The minimum absolute atomic E-state index is 0.0204. The van der Waals surface area contributed by atoms with Gasteiger partial charge in [0.2, 0.25) is 0 Å². The first kappa shape index (κ1) is 26.7. The second-order valence-electron chi connectivity index (χ2n) is 15.8. The van der Waals surface area contributed by atoms with Crippen LogP contribution in [0.1, 0.15) is 93.4 Å². The Morgan fingerprint density at radius 1 is 1.03 bits per heavy atom. The van der Waals surface area contributed by atoms with Crippen LogP contribution in [0.25, 0.3) is 0 Å². The zero-order valence-electron chi connectivity index (χ0n) is 24.9. The van der Waals surface area contributed by atoms with Crippen molar-refractivity contribution in [1.29, 1.82) is 5.26 Å². The summed E-state index contributed by atoms with van der Waals surface area (Å²) in [6, 6.07) is 4.22. The van der Waals surface area contributed by atoms with Gasteiger partial charge in [0.1, 0.15) is 6.07 Å². The van der Waals surface area contributed by atoms with Gasteiger partial charge in [-0.3, -0.25) is 14.3 Å². The minimum atomic E-state index is -0.629. The third-order valence-corrected chi connectivity index (χ3v) is 13.1. The van der Waals surface area contributed by atoms with Gasteiger partial charge in [-0.25, -0.2) is 0 Å². The molecule has 0 radical (unpaired) electrons. The van der Waals surface area contributed by atoms with Gasteiger partial charge in [0.25, 0.3) is 0 Å². The number of nitrogens with zero attached hydrogens (tertiary/aromatic N) is 3. The fraction of sp³-hybridized carbons (Fsp3) is 0.706.